The van der Waals surface area contributed by atoms with Crippen molar-refractivity contribution in [3.63, 3.8) is 0 Å². The summed E-state index contributed by atoms with van der Waals surface area (Å²) in [5, 5.41) is 3.00. The Bertz CT molecular complexity index is 768. The van der Waals surface area contributed by atoms with E-state index >= 15 is 0 Å². The van der Waals surface area contributed by atoms with Crippen molar-refractivity contribution in [2.45, 2.75) is 18.9 Å². The summed E-state index contributed by atoms with van der Waals surface area (Å²) >= 11 is 6.01. The Hall–Kier alpha value is -2.11. The number of likely N-dealkylation sites (tertiary alicyclic amines) is 1. The molecule has 1 unspecified atom stereocenters. The van der Waals surface area contributed by atoms with E-state index in [0.717, 1.165) is 37.2 Å². The van der Waals surface area contributed by atoms with Gasteiger partial charge in [0.25, 0.3) is 5.91 Å². The fraction of sp³-hybridized carbons (Fsp3) is 0.381. The van der Waals surface area contributed by atoms with Gasteiger partial charge in [-0.25, -0.2) is 4.39 Å². The number of amides is 1. The lowest BCUT2D eigenvalue weighted by Gasteiger charge is -2.28. The summed E-state index contributed by atoms with van der Waals surface area (Å²) < 4.78 is 14.0. The Labute approximate surface area is 164 Å². The minimum absolute atomic E-state index is 0.0539. The molecule has 1 amide bonds. The van der Waals surface area contributed by atoms with E-state index in [2.05, 4.69) is 39.4 Å². The molecule has 144 valence electrons. The van der Waals surface area contributed by atoms with Crippen molar-refractivity contribution < 1.29 is 9.18 Å². The van der Waals surface area contributed by atoms with E-state index in [9.17, 15) is 9.18 Å². The van der Waals surface area contributed by atoms with Crippen LogP contribution in [-0.4, -0.2) is 44.5 Å². The van der Waals surface area contributed by atoms with Gasteiger partial charge in [0.15, 0.2) is 0 Å². The van der Waals surface area contributed by atoms with Crippen LogP contribution in [0.1, 0.15) is 34.8 Å². The number of hydrogen-bond acceptors (Lipinski definition) is 3. The molecule has 0 spiro atoms. The Balaban J connectivity index is 1.77. The highest BCUT2D eigenvalue weighted by atomic mass is 35.5. The minimum atomic E-state index is -0.604. The number of carbonyl (C=O) groups is 1. The van der Waals surface area contributed by atoms with Gasteiger partial charge in [0.2, 0.25) is 0 Å². The van der Waals surface area contributed by atoms with Crippen LogP contribution in [0.3, 0.4) is 0 Å². The van der Waals surface area contributed by atoms with Gasteiger partial charge in [-0.15, -0.1) is 0 Å². The molecule has 0 radical (unpaired) electrons. The standard InChI is InChI=1S/C21H25ClFN3O/c1-25(2)16-10-8-15(9-11-16)19(26-12-3-4-13-26)14-24-21(27)20-17(22)6-5-7-18(20)23/h5-11,19H,3-4,12-14H2,1-2H3,(H,24,27). The third-order valence-electron chi connectivity index (χ3n) is 5.02. The maximum Gasteiger partial charge on any atom is 0.255 e. The molecule has 1 fully saturated rings. The average molecular weight is 390 g/mol. The normalized spacial score (nSPS) is 15.6. The highest BCUT2D eigenvalue weighted by molar-refractivity contribution is 6.33. The van der Waals surface area contributed by atoms with Crippen LogP contribution in [0, 0.1) is 5.82 Å². The Morgan fingerprint density at radius 2 is 1.85 bits per heavy atom. The van der Waals surface area contributed by atoms with Gasteiger partial charge >= 0.3 is 0 Å². The molecule has 0 saturated carbocycles. The summed E-state index contributed by atoms with van der Waals surface area (Å²) in [5.74, 6) is -1.08. The Morgan fingerprint density at radius 1 is 1.19 bits per heavy atom. The van der Waals surface area contributed by atoms with Crippen LogP contribution in [0.5, 0.6) is 0 Å². The lowest BCUT2D eigenvalue weighted by molar-refractivity contribution is 0.0934. The van der Waals surface area contributed by atoms with Gasteiger partial charge in [0.05, 0.1) is 16.6 Å². The van der Waals surface area contributed by atoms with E-state index in [-0.39, 0.29) is 16.6 Å². The second kappa shape index (κ2) is 8.72. The van der Waals surface area contributed by atoms with Crippen LogP contribution in [0.15, 0.2) is 42.5 Å². The molecule has 0 aliphatic carbocycles. The van der Waals surface area contributed by atoms with Crippen LogP contribution in [0.2, 0.25) is 5.02 Å². The second-order valence-electron chi connectivity index (χ2n) is 7.05. The second-order valence-corrected chi connectivity index (χ2v) is 7.46. The zero-order valence-corrected chi connectivity index (χ0v) is 16.5. The number of nitrogens with one attached hydrogen (secondary N) is 1. The van der Waals surface area contributed by atoms with Gasteiger partial charge < -0.3 is 10.2 Å². The summed E-state index contributed by atoms with van der Waals surface area (Å²) in [7, 11) is 4.01. The van der Waals surface area contributed by atoms with Crippen molar-refractivity contribution in [2.75, 3.05) is 38.6 Å². The van der Waals surface area contributed by atoms with E-state index < -0.39 is 11.7 Å². The van der Waals surface area contributed by atoms with Crippen molar-refractivity contribution in [1.82, 2.24) is 10.2 Å². The van der Waals surface area contributed by atoms with Crippen molar-refractivity contribution in [2.24, 2.45) is 0 Å². The highest BCUT2D eigenvalue weighted by Gasteiger charge is 2.25. The van der Waals surface area contributed by atoms with Gasteiger partial charge in [0.1, 0.15) is 5.82 Å². The summed E-state index contributed by atoms with van der Waals surface area (Å²) in [6.07, 6.45) is 2.30. The molecule has 0 aromatic heterocycles. The zero-order valence-electron chi connectivity index (χ0n) is 15.7. The van der Waals surface area contributed by atoms with E-state index in [1.54, 1.807) is 0 Å². The van der Waals surface area contributed by atoms with Crippen molar-refractivity contribution >= 4 is 23.2 Å². The molecule has 2 aromatic carbocycles. The quantitative estimate of drug-likeness (QED) is 0.807. The molecule has 1 heterocycles. The fourth-order valence-corrected chi connectivity index (χ4v) is 3.75. The lowest BCUT2D eigenvalue weighted by atomic mass is 10.0. The third-order valence-corrected chi connectivity index (χ3v) is 5.34. The monoisotopic (exact) mass is 389 g/mol. The van der Waals surface area contributed by atoms with Crippen LogP contribution in [0.25, 0.3) is 0 Å². The summed E-state index contributed by atoms with van der Waals surface area (Å²) in [6.45, 7) is 2.40. The lowest BCUT2D eigenvalue weighted by Crippen LogP contribution is -2.37. The number of anilines is 1. The molecule has 2 aromatic rings. The van der Waals surface area contributed by atoms with Gasteiger partial charge in [0, 0.05) is 26.3 Å². The van der Waals surface area contributed by atoms with Crippen LogP contribution >= 0.6 is 11.6 Å². The van der Waals surface area contributed by atoms with Crippen LogP contribution in [-0.2, 0) is 0 Å². The first-order valence-electron chi connectivity index (χ1n) is 9.21. The molecule has 1 N–H and O–H groups in total. The number of halogens is 2. The van der Waals surface area contributed by atoms with E-state index in [0.29, 0.717) is 6.54 Å². The maximum absolute atomic E-state index is 14.0. The first kappa shape index (κ1) is 19.6. The molecule has 27 heavy (non-hydrogen) atoms. The molecule has 0 bridgehead atoms. The van der Waals surface area contributed by atoms with Crippen LogP contribution in [0.4, 0.5) is 10.1 Å². The Kier molecular flexibility index (Phi) is 6.34. The fourth-order valence-electron chi connectivity index (χ4n) is 3.50. The molecular weight excluding hydrogens is 365 g/mol. The predicted molar refractivity (Wildman–Crippen MR) is 108 cm³/mol. The first-order valence-corrected chi connectivity index (χ1v) is 9.58. The smallest absolute Gasteiger partial charge is 0.255 e. The van der Waals surface area contributed by atoms with Gasteiger partial charge in [-0.3, -0.25) is 9.69 Å². The van der Waals surface area contributed by atoms with Crippen molar-refractivity contribution in [3.8, 4) is 0 Å². The molecular formula is C21H25ClFN3O. The average Bonchev–Trinajstić information content (AvgIpc) is 3.16. The number of rotatable bonds is 6. The zero-order chi connectivity index (χ0) is 19.4. The van der Waals surface area contributed by atoms with E-state index in [1.807, 2.05) is 14.1 Å². The third kappa shape index (κ3) is 4.60. The summed E-state index contributed by atoms with van der Waals surface area (Å²) in [6, 6.07) is 12.7. The SMILES string of the molecule is CN(C)c1ccc(C(CNC(=O)c2c(F)cccc2Cl)N2CCCC2)cc1. The van der Waals surface area contributed by atoms with Gasteiger partial charge in [-0.05, 0) is 55.8 Å². The van der Waals surface area contributed by atoms with E-state index in [4.69, 9.17) is 11.6 Å². The van der Waals surface area contributed by atoms with Crippen molar-refractivity contribution in [1.29, 1.82) is 0 Å². The number of carbonyl (C=O) groups excluding carboxylic acids is 1. The summed E-state index contributed by atoms with van der Waals surface area (Å²) in [4.78, 5) is 16.9. The number of nitrogens with zero attached hydrogens (tertiary/aromatic N) is 2. The molecule has 3 rings (SSSR count). The predicted octanol–water partition coefficient (Wildman–Crippen LogP) is 4.11. The van der Waals surface area contributed by atoms with Gasteiger partial charge in [-0.1, -0.05) is 29.8 Å². The number of benzene rings is 2. The van der Waals surface area contributed by atoms with Crippen molar-refractivity contribution in [3.05, 3.63) is 64.4 Å². The highest BCUT2D eigenvalue weighted by Crippen LogP contribution is 2.27. The molecule has 1 atom stereocenters. The number of hydrogen-bond donors (Lipinski definition) is 1. The largest absolute Gasteiger partial charge is 0.378 e. The molecule has 1 aliphatic rings. The first-order chi connectivity index (χ1) is 13.0. The molecule has 4 nitrogen and oxygen atoms in total. The summed E-state index contributed by atoms with van der Waals surface area (Å²) in [5.41, 5.74) is 2.17. The van der Waals surface area contributed by atoms with E-state index in [1.165, 1.54) is 18.2 Å². The maximum atomic E-state index is 14.0. The molecule has 1 aliphatic heterocycles. The Morgan fingerprint density at radius 3 is 2.44 bits per heavy atom. The van der Waals surface area contributed by atoms with Gasteiger partial charge in [-0.2, -0.15) is 0 Å². The molecule has 6 heteroatoms. The topological polar surface area (TPSA) is 35.6 Å². The van der Waals surface area contributed by atoms with Crippen LogP contribution < -0.4 is 10.2 Å². The minimum Gasteiger partial charge on any atom is -0.378 e. The molecule has 1 saturated heterocycles.